The lowest BCUT2D eigenvalue weighted by Gasteiger charge is -1.91. The number of aliphatic hydroxyl groups excluding tert-OH is 1. The van der Waals surface area contributed by atoms with Gasteiger partial charge in [0.1, 0.15) is 6.61 Å². The summed E-state index contributed by atoms with van der Waals surface area (Å²) in [6.45, 7) is 1.24. The maximum Gasteiger partial charge on any atom is 0.223 e. The fourth-order valence-corrected chi connectivity index (χ4v) is 1.40. The molecule has 68 valence electrons. The Morgan fingerprint density at radius 2 is 2.62 bits per heavy atom. The van der Waals surface area contributed by atoms with Crippen molar-refractivity contribution < 1.29 is 9.90 Å². The molecule has 4 nitrogen and oxygen atoms in total. The zero-order chi connectivity index (χ0) is 9.68. The third kappa shape index (κ3) is 3.23. The van der Waals surface area contributed by atoms with Crippen LogP contribution in [0.2, 0.25) is 0 Å². The lowest BCUT2D eigenvalue weighted by Crippen LogP contribution is -2.04. The number of aliphatic hydroxyl groups is 1. The Balaban J connectivity index is 2.69. The number of amides is 1. The van der Waals surface area contributed by atoms with Crippen LogP contribution in [0.3, 0.4) is 0 Å². The summed E-state index contributed by atoms with van der Waals surface area (Å²) in [7, 11) is 0. The molecule has 13 heavy (non-hydrogen) atoms. The van der Waals surface area contributed by atoms with Gasteiger partial charge in [-0.15, -0.1) is 0 Å². The van der Waals surface area contributed by atoms with Crippen molar-refractivity contribution in [3.05, 3.63) is 11.1 Å². The number of nitrogens with one attached hydrogen (secondary N) is 1. The van der Waals surface area contributed by atoms with Crippen LogP contribution in [0.15, 0.2) is 6.20 Å². The van der Waals surface area contributed by atoms with Crippen LogP contribution in [0.1, 0.15) is 11.8 Å². The quantitative estimate of drug-likeness (QED) is 0.641. The summed E-state index contributed by atoms with van der Waals surface area (Å²) in [5, 5.41) is 11.5. The summed E-state index contributed by atoms with van der Waals surface area (Å²) in [4.78, 5) is 15.2. The predicted molar refractivity (Wildman–Crippen MR) is 50.4 cm³/mol. The lowest BCUT2D eigenvalue weighted by atomic mass is 10.5. The van der Waals surface area contributed by atoms with Gasteiger partial charge >= 0.3 is 0 Å². The van der Waals surface area contributed by atoms with Gasteiger partial charge in [-0.25, -0.2) is 4.98 Å². The number of rotatable bonds is 1. The van der Waals surface area contributed by atoms with Crippen molar-refractivity contribution >= 4 is 22.4 Å². The zero-order valence-corrected chi connectivity index (χ0v) is 7.81. The van der Waals surface area contributed by atoms with Crippen molar-refractivity contribution in [2.75, 3.05) is 11.9 Å². The van der Waals surface area contributed by atoms with E-state index in [1.807, 2.05) is 0 Å². The molecular weight excluding hydrogens is 188 g/mol. The number of hydrogen-bond donors (Lipinski definition) is 2. The molecule has 0 radical (unpaired) electrons. The fourth-order valence-electron chi connectivity index (χ4n) is 0.667. The van der Waals surface area contributed by atoms with Crippen LogP contribution in [0.25, 0.3) is 0 Å². The van der Waals surface area contributed by atoms with Crippen LogP contribution >= 0.6 is 11.3 Å². The lowest BCUT2D eigenvalue weighted by molar-refractivity contribution is -0.114. The maximum absolute atomic E-state index is 10.6. The average Bonchev–Trinajstić information content (AvgIpc) is 2.48. The molecule has 1 rings (SSSR count). The van der Waals surface area contributed by atoms with Gasteiger partial charge in [-0.05, 0) is 0 Å². The van der Waals surface area contributed by atoms with E-state index in [9.17, 15) is 4.79 Å². The first-order chi connectivity index (χ1) is 6.22. The molecule has 0 aliphatic rings. The average molecular weight is 196 g/mol. The molecule has 0 unspecified atom stereocenters. The standard InChI is InChI=1S/C8H8N2O2S/c1-6(12)10-8-9-5-7(13-8)3-2-4-11/h5,11H,4H2,1H3,(H,9,10,12). The third-order valence-corrected chi connectivity index (χ3v) is 1.91. The van der Waals surface area contributed by atoms with Gasteiger partial charge in [-0.3, -0.25) is 4.79 Å². The maximum atomic E-state index is 10.6. The normalized spacial score (nSPS) is 8.77. The minimum atomic E-state index is -0.173. The van der Waals surface area contributed by atoms with Crippen molar-refractivity contribution in [3.63, 3.8) is 0 Å². The Hall–Kier alpha value is -1.38. The number of hydrogen-bond acceptors (Lipinski definition) is 4. The van der Waals surface area contributed by atoms with Gasteiger partial charge in [-0.2, -0.15) is 0 Å². The number of carbonyl (C=O) groups excluding carboxylic acids is 1. The fraction of sp³-hybridized carbons (Fsp3) is 0.250. The molecule has 1 aromatic heterocycles. The van der Waals surface area contributed by atoms with Gasteiger partial charge in [0.05, 0.1) is 11.1 Å². The molecule has 1 aromatic rings. The van der Waals surface area contributed by atoms with E-state index in [-0.39, 0.29) is 12.5 Å². The Kier molecular flexibility index (Phi) is 3.43. The molecule has 0 aliphatic heterocycles. The summed E-state index contributed by atoms with van der Waals surface area (Å²) in [6, 6.07) is 0. The van der Waals surface area contributed by atoms with Gasteiger partial charge in [0.15, 0.2) is 5.13 Å². The largest absolute Gasteiger partial charge is 0.384 e. The highest BCUT2D eigenvalue weighted by Crippen LogP contribution is 2.16. The summed E-state index contributed by atoms with van der Waals surface area (Å²) < 4.78 is 0. The molecule has 0 spiro atoms. The Morgan fingerprint density at radius 3 is 3.23 bits per heavy atom. The second kappa shape index (κ2) is 4.60. The van der Waals surface area contributed by atoms with Gasteiger partial charge in [-0.1, -0.05) is 23.2 Å². The first-order valence-corrected chi connectivity index (χ1v) is 4.37. The number of thiazole rings is 1. The predicted octanol–water partition coefficient (Wildman–Crippen LogP) is 0.445. The molecule has 1 amide bonds. The summed E-state index contributed by atoms with van der Waals surface area (Å²) in [6.07, 6.45) is 1.55. The van der Waals surface area contributed by atoms with Crippen LogP contribution in [0.4, 0.5) is 5.13 Å². The molecule has 1 heterocycles. The van der Waals surface area contributed by atoms with Gasteiger partial charge in [0.25, 0.3) is 0 Å². The monoisotopic (exact) mass is 196 g/mol. The topological polar surface area (TPSA) is 62.2 Å². The summed E-state index contributed by atoms with van der Waals surface area (Å²) >= 11 is 1.27. The van der Waals surface area contributed by atoms with E-state index in [1.54, 1.807) is 6.20 Å². The first-order valence-electron chi connectivity index (χ1n) is 3.55. The van der Waals surface area contributed by atoms with Crippen LogP contribution in [0, 0.1) is 11.8 Å². The Morgan fingerprint density at radius 1 is 1.85 bits per heavy atom. The van der Waals surface area contributed by atoms with Crippen LogP contribution in [0.5, 0.6) is 0 Å². The van der Waals surface area contributed by atoms with Crippen molar-refractivity contribution in [2.45, 2.75) is 6.92 Å². The van der Waals surface area contributed by atoms with Crippen molar-refractivity contribution in [2.24, 2.45) is 0 Å². The number of nitrogens with zero attached hydrogens (tertiary/aromatic N) is 1. The van der Waals surface area contributed by atoms with E-state index >= 15 is 0 Å². The van der Waals surface area contributed by atoms with E-state index in [0.717, 1.165) is 4.88 Å². The van der Waals surface area contributed by atoms with E-state index in [2.05, 4.69) is 22.1 Å². The third-order valence-electron chi connectivity index (χ3n) is 1.08. The highest BCUT2D eigenvalue weighted by Gasteiger charge is 2.00. The Bertz CT molecular complexity index is 362. The van der Waals surface area contributed by atoms with Gasteiger partial charge < -0.3 is 10.4 Å². The second-order valence-corrected chi connectivity index (χ2v) is 3.20. The second-order valence-electron chi connectivity index (χ2n) is 2.17. The van der Waals surface area contributed by atoms with Crippen LogP contribution in [-0.4, -0.2) is 22.6 Å². The van der Waals surface area contributed by atoms with Crippen LogP contribution in [-0.2, 0) is 4.79 Å². The minimum Gasteiger partial charge on any atom is -0.384 e. The molecule has 5 heteroatoms. The summed E-state index contributed by atoms with van der Waals surface area (Å²) in [5.74, 6) is 5.03. The zero-order valence-electron chi connectivity index (χ0n) is 7.00. The van der Waals surface area contributed by atoms with Crippen molar-refractivity contribution in [3.8, 4) is 11.8 Å². The molecule has 0 aromatic carbocycles. The minimum absolute atomic E-state index is 0.156. The Labute approximate surface area is 79.6 Å². The highest BCUT2D eigenvalue weighted by atomic mass is 32.1. The highest BCUT2D eigenvalue weighted by molar-refractivity contribution is 7.16. The molecule has 0 fully saturated rings. The summed E-state index contributed by atoms with van der Waals surface area (Å²) in [5.41, 5.74) is 0. The molecule has 0 saturated carbocycles. The van der Waals surface area contributed by atoms with E-state index < -0.39 is 0 Å². The first kappa shape index (κ1) is 9.71. The molecule has 2 N–H and O–H groups in total. The van der Waals surface area contributed by atoms with Gasteiger partial charge in [0.2, 0.25) is 5.91 Å². The van der Waals surface area contributed by atoms with Crippen molar-refractivity contribution in [1.82, 2.24) is 4.98 Å². The SMILES string of the molecule is CC(=O)Nc1ncc(C#CCO)s1. The van der Waals surface area contributed by atoms with Crippen molar-refractivity contribution in [1.29, 1.82) is 0 Å². The molecule has 0 saturated heterocycles. The smallest absolute Gasteiger partial charge is 0.223 e. The van der Waals surface area contributed by atoms with Gasteiger partial charge in [0, 0.05) is 6.92 Å². The van der Waals surface area contributed by atoms with E-state index in [1.165, 1.54) is 18.3 Å². The molecule has 0 atom stereocenters. The molecule has 0 aliphatic carbocycles. The molecule has 0 bridgehead atoms. The number of carbonyl (C=O) groups is 1. The number of aromatic nitrogens is 1. The van der Waals surface area contributed by atoms with E-state index in [4.69, 9.17) is 5.11 Å². The number of anilines is 1. The van der Waals surface area contributed by atoms with Crippen LogP contribution < -0.4 is 5.32 Å². The van der Waals surface area contributed by atoms with E-state index in [0.29, 0.717) is 5.13 Å². The molecular formula is C8H8N2O2S.